The Morgan fingerprint density at radius 2 is 1.83 bits per heavy atom. The highest BCUT2D eigenvalue weighted by Crippen LogP contribution is 2.40. The van der Waals surface area contributed by atoms with Crippen LogP contribution in [0.25, 0.3) is 0 Å². The van der Waals surface area contributed by atoms with Crippen LogP contribution in [0.5, 0.6) is 0 Å². The van der Waals surface area contributed by atoms with Gasteiger partial charge in [0.2, 0.25) is 0 Å². The fourth-order valence-electron chi connectivity index (χ4n) is 2.23. The lowest BCUT2D eigenvalue weighted by Gasteiger charge is -2.52. The summed E-state index contributed by atoms with van der Waals surface area (Å²) in [5.41, 5.74) is 0.0657. The lowest BCUT2D eigenvalue weighted by Crippen LogP contribution is -2.69. The average Bonchev–Trinajstić information content (AvgIpc) is 2.12. The molecule has 0 radical (unpaired) electrons. The topological polar surface area (TPSA) is 35.5 Å². The largest absolute Gasteiger partial charge is 0.456 e. The van der Waals surface area contributed by atoms with Crippen molar-refractivity contribution in [2.24, 2.45) is 0 Å². The van der Waals surface area contributed by atoms with Crippen molar-refractivity contribution < 1.29 is 14.0 Å². The summed E-state index contributed by atoms with van der Waals surface area (Å²) in [6, 6.07) is 0.984. The van der Waals surface area contributed by atoms with Crippen molar-refractivity contribution >= 4 is 21.4 Å². The van der Waals surface area contributed by atoms with E-state index in [2.05, 4.69) is 32.8 Å². The second kappa shape index (κ2) is 4.61. The van der Waals surface area contributed by atoms with Crippen molar-refractivity contribution in [3.63, 3.8) is 0 Å². The summed E-state index contributed by atoms with van der Waals surface area (Å²) in [6.07, 6.45) is -0.149. The molecule has 1 aliphatic rings. The Bertz CT molecular complexity index is 372. The standard InChI is InChI=1S/C13H26O3Si2/c1-10(2)12(14)15-11-9-17(5,6)18(7,8)16-13(11,3)4/h11H,1,9H2,2-8H3. The number of hydrogen-bond donors (Lipinski definition) is 0. The van der Waals surface area contributed by atoms with E-state index in [-0.39, 0.29) is 17.7 Å². The summed E-state index contributed by atoms with van der Waals surface area (Å²) >= 11 is 0. The first kappa shape index (κ1) is 15.7. The predicted molar refractivity (Wildman–Crippen MR) is 79.6 cm³/mol. The molecule has 1 aliphatic heterocycles. The van der Waals surface area contributed by atoms with E-state index in [4.69, 9.17) is 9.16 Å². The van der Waals surface area contributed by atoms with Gasteiger partial charge in [-0.15, -0.1) is 0 Å². The van der Waals surface area contributed by atoms with Gasteiger partial charge in [0.1, 0.15) is 6.10 Å². The number of carbonyl (C=O) groups is 1. The fraction of sp³-hybridized carbons (Fsp3) is 0.769. The van der Waals surface area contributed by atoms with Crippen molar-refractivity contribution in [2.75, 3.05) is 0 Å². The van der Waals surface area contributed by atoms with Gasteiger partial charge in [0, 0.05) is 5.57 Å². The van der Waals surface area contributed by atoms with Crippen LogP contribution in [0.15, 0.2) is 12.2 Å². The number of ether oxygens (including phenoxy) is 1. The first-order chi connectivity index (χ1) is 7.89. The quantitative estimate of drug-likeness (QED) is 0.444. The minimum atomic E-state index is -1.65. The first-order valence-corrected chi connectivity index (χ1v) is 13.6. The molecule has 0 saturated carbocycles. The highest BCUT2D eigenvalue weighted by Gasteiger charge is 2.55. The molecule has 5 heteroatoms. The van der Waals surface area contributed by atoms with Crippen LogP contribution in [0, 0.1) is 0 Å². The van der Waals surface area contributed by atoms with Crippen molar-refractivity contribution in [2.45, 2.75) is 64.7 Å². The van der Waals surface area contributed by atoms with E-state index in [1.807, 2.05) is 13.8 Å². The summed E-state index contributed by atoms with van der Waals surface area (Å²) in [7, 11) is -3.11. The van der Waals surface area contributed by atoms with Gasteiger partial charge in [-0.2, -0.15) is 0 Å². The van der Waals surface area contributed by atoms with E-state index in [9.17, 15) is 4.79 Å². The Kier molecular flexibility index (Phi) is 4.01. The van der Waals surface area contributed by atoms with E-state index < -0.39 is 15.4 Å². The molecule has 0 aromatic heterocycles. The Morgan fingerprint density at radius 3 is 2.28 bits per heavy atom. The molecular formula is C13H26O3Si2. The highest BCUT2D eigenvalue weighted by atomic mass is 29.3. The SMILES string of the molecule is C=C(C)C(=O)OC1C[Si](C)(C)[Si](C)(C)OC1(C)C. The molecule has 0 amide bonds. The van der Waals surface area contributed by atoms with Crippen LogP contribution in [0.3, 0.4) is 0 Å². The van der Waals surface area contributed by atoms with Gasteiger partial charge >= 0.3 is 5.97 Å². The molecule has 0 aromatic rings. The Hall–Kier alpha value is -0.396. The van der Waals surface area contributed by atoms with E-state index in [0.717, 1.165) is 6.04 Å². The smallest absolute Gasteiger partial charge is 0.333 e. The predicted octanol–water partition coefficient (Wildman–Crippen LogP) is 3.28. The lowest BCUT2D eigenvalue weighted by atomic mass is 10.0. The number of hydrogen-bond acceptors (Lipinski definition) is 3. The molecule has 0 N–H and O–H groups in total. The molecule has 18 heavy (non-hydrogen) atoms. The first-order valence-electron chi connectivity index (χ1n) is 6.46. The van der Waals surface area contributed by atoms with Crippen LogP contribution < -0.4 is 0 Å². The molecular weight excluding hydrogens is 260 g/mol. The van der Waals surface area contributed by atoms with Gasteiger partial charge in [0.15, 0.2) is 7.83 Å². The Morgan fingerprint density at radius 1 is 1.33 bits per heavy atom. The van der Waals surface area contributed by atoms with Crippen LogP contribution in [0.1, 0.15) is 20.8 Å². The van der Waals surface area contributed by atoms with Crippen molar-refractivity contribution in [1.29, 1.82) is 0 Å². The van der Waals surface area contributed by atoms with Crippen LogP contribution >= 0.6 is 0 Å². The Balaban J connectivity index is 2.93. The maximum absolute atomic E-state index is 11.7. The normalized spacial score (nSPS) is 28.5. The second-order valence-corrected chi connectivity index (χ2v) is 22.1. The van der Waals surface area contributed by atoms with Gasteiger partial charge in [-0.05, 0) is 39.9 Å². The molecule has 1 rings (SSSR count). The Labute approximate surface area is 112 Å². The van der Waals surface area contributed by atoms with E-state index in [1.54, 1.807) is 6.92 Å². The van der Waals surface area contributed by atoms with Crippen molar-refractivity contribution in [3.05, 3.63) is 12.2 Å². The van der Waals surface area contributed by atoms with Gasteiger partial charge in [-0.3, -0.25) is 0 Å². The van der Waals surface area contributed by atoms with Crippen molar-refractivity contribution in [3.8, 4) is 0 Å². The summed E-state index contributed by atoms with van der Waals surface area (Å²) < 4.78 is 12.0. The zero-order valence-corrected chi connectivity index (χ0v) is 14.7. The lowest BCUT2D eigenvalue weighted by molar-refractivity contribution is -0.154. The second-order valence-electron chi connectivity index (χ2n) is 6.98. The third kappa shape index (κ3) is 2.95. The molecule has 1 saturated heterocycles. The maximum Gasteiger partial charge on any atom is 0.333 e. The molecule has 0 spiro atoms. The van der Waals surface area contributed by atoms with Gasteiger partial charge < -0.3 is 9.16 Å². The third-order valence-corrected chi connectivity index (χ3v) is 20.6. The summed E-state index contributed by atoms with van der Waals surface area (Å²) in [4.78, 5) is 11.7. The molecule has 1 atom stereocenters. The van der Waals surface area contributed by atoms with Gasteiger partial charge in [0.05, 0.1) is 13.2 Å². The number of esters is 1. The van der Waals surface area contributed by atoms with Gasteiger partial charge in [-0.25, -0.2) is 4.79 Å². The number of carbonyl (C=O) groups excluding carboxylic acids is 1. The summed E-state index contributed by atoms with van der Waals surface area (Å²) in [5, 5.41) is 0. The zero-order valence-electron chi connectivity index (χ0n) is 12.7. The molecule has 0 bridgehead atoms. The highest BCUT2D eigenvalue weighted by molar-refractivity contribution is 7.38. The monoisotopic (exact) mass is 286 g/mol. The summed E-state index contributed by atoms with van der Waals surface area (Å²) in [5.74, 6) is -0.303. The van der Waals surface area contributed by atoms with Crippen molar-refractivity contribution in [1.82, 2.24) is 0 Å². The van der Waals surface area contributed by atoms with Gasteiger partial charge in [0.25, 0.3) is 0 Å². The van der Waals surface area contributed by atoms with E-state index in [0.29, 0.717) is 5.57 Å². The third-order valence-electron chi connectivity index (χ3n) is 4.22. The van der Waals surface area contributed by atoms with Gasteiger partial charge in [-0.1, -0.05) is 19.7 Å². The average molecular weight is 287 g/mol. The van der Waals surface area contributed by atoms with E-state index in [1.165, 1.54) is 0 Å². The minimum absolute atomic E-state index is 0.149. The van der Waals surface area contributed by atoms with Crippen LogP contribution in [-0.4, -0.2) is 33.1 Å². The molecule has 1 unspecified atom stereocenters. The molecule has 1 heterocycles. The van der Waals surface area contributed by atoms with E-state index >= 15 is 0 Å². The number of rotatable bonds is 2. The zero-order chi connectivity index (χ0) is 14.4. The van der Waals surface area contributed by atoms with Crippen LogP contribution in [0.4, 0.5) is 0 Å². The molecule has 0 aromatic carbocycles. The maximum atomic E-state index is 11.7. The molecule has 1 fully saturated rings. The van der Waals surface area contributed by atoms with Crippen LogP contribution in [0.2, 0.25) is 32.2 Å². The van der Waals surface area contributed by atoms with Crippen LogP contribution in [-0.2, 0) is 14.0 Å². The molecule has 0 aliphatic carbocycles. The fourth-order valence-corrected chi connectivity index (χ4v) is 9.60. The minimum Gasteiger partial charge on any atom is -0.456 e. The molecule has 104 valence electrons. The summed E-state index contributed by atoms with van der Waals surface area (Å²) in [6.45, 7) is 18.6. The molecule has 3 nitrogen and oxygen atoms in total.